The molecule has 0 saturated heterocycles. The van der Waals surface area contributed by atoms with Crippen LogP contribution in [0.1, 0.15) is 44.1 Å². The van der Waals surface area contributed by atoms with Crippen LogP contribution >= 0.6 is 24.0 Å². The Labute approximate surface area is 142 Å². The van der Waals surface area contributed by atoms with Crippen LogP contribution < -0.4 is 11.1 Å². The third-order valence-corrected chi connectivity index (χ3v) is 4.36. The Morgan fingerprint density at radius 1 is 1.55 bits per heavy atom. The molecular weight excluding hydrogens is 326 g/mol. The van der Waals surface area contributed by atoms with E-state index in [2.05, 4.69) is 12.2 Å². The van der Waals surface area contributed by atoms with E-state index in [9.17, 15) is 9.18 Å². The van der Waals surface area contributed by atoms with E-state index in [1.54, 1.807) is 12.1 Å². The van der Waals surface area contributed by atoms with E-state index < -0.39 is 0 Å². The molecule has 3 nitrogen and oxygen atoms in total. The largest absolute Gasteiger partial charge is 0.352 e. The van der Waals surface area contributed by atoms with E-state index in [4.69, 9.17) is 17.3 Å². The van der Waals surface area contributed by atoms with Crippen molar-refractivity contribution in [1.82, 2.24) is 5.32 Å². The minimum atomic E-state index is -0.329. The molecule has 2 rings (SSSR count). The molecule has 1 aliphatic rings. The highest BCUT2D eigenvalue weighted by atomic mass is 35.5. The number of carbonyl (C=O) groups excluding carboxylic acids is 1. The molecule has 124 valence electrons. The molecule has 22 heavy (non-hydrogen) atoms. The molecule has 0 radical (unpaired) electrons. The molecule has 1 amide bonds. The monoisotopic (exact) mass is 348 g/mol. The standard InChI is InChI=1S/C16H22ClFN2O.ClH/c1-2-3-5-10(9-19)20-16(21)12-8-11(12)15-13(17)6-4-7-14(15)18;/h4,6-7,10-12H,2-3,5,8-9,19H2,1H3,(H,20,21);1H. The highest BCUT2D eigenvalue weighted by molar-refractivity contribution is 6.31. The van der Waals surface area contributed by atoms with Crippen LogP contribution in [0.5, 0.6) is 0 Å². The Balaban J connectivity index is 0.00000242. The maximum Gasteiger partial charge on any atom is 0.224 e. The summed E-state index contributed by atoms with van der Waals surface area (Å²) in [5.41, 5.74) is 6.15. The summed E-state index contributed by atoms with van der Waals surface area (Å²) >= 11 is 6.04. The van der Waals surface area contributed by atoms with Crippen LogP contribution in [0.15, 0.2) is 18.2 Å². The number of amides is 1. The van der Waals surface area contributed by atoms with Crippen LogP contribution in [0, 0.1) is 11.7 Å². The minimum absolute atomic E-state index is 0. The molecule has 3 atom stereocenters. The van der Waals surface area contributed by atoms with Crippen molar-refractivity contribution in [2.75, 3.05) is 6.54 Å². The first-order chi connectivity index (χ1) is 10.1. The van der Waals surface area contributed by atoms with Crippen molar-refractivity contribution in [3.8, 4) is 0 Å². The second-order valence-corrected chi connectivity index (χ2v) is 6.07. The molecule has 0 bridgehead atoms. The third kappa shape index (κ3) is 4.58. The molecular formula is C16H23Cl2FN2O. The van der Waals surface area contributed by atoms with Crippen molar-refractivity contribution < 1.29 is 9.18 Å². The van der Waals surface area contributed by atoms with Gasteiger partial charge in [-0.3, -0.25) is 4.79 Å². The molecule has 6 heteroatoms. The lowest BCUT2D eigenvalue weighted by atomic mass is 10.1. The lowest BCUT2D eigenvalue weighted by Gasteiger charge is -2.16. The Kier molecular flexibility index (Phi) is 7.60. The normalized spacial score (nSPS) is 20.9. The lowest BCUT2D eigenvalue weighted by Crippen LogP contribution is -2.41. The van der Waals surface area contributed by atoms with Crippen molar-refractivity contribution in [3.05, 3.63) is 34.6 Å². The summed E-state index contributed by atoms with van der Waals surface area (Å²) < 4.78 is 13.8. The van der Waals surface area contributed by atoms with Gasteiger partial charge in [-0.25, -0.2) is 4.39 Å². The molecule has 0 aliphatic heterocycles. The summed E-state index contributed by atoms with van der Waals surface area (Å²) in [7, 11) is 0. The predicted molar refractivity (Wildman–Crippen MR) is 90.0 cm³/mol. The zero-order valence-corrected chi connectivity index (χ0v) is 14.2. The molecule has 0 heterocycles. The van der Waals surface area contributed by atoms with Gasteiger partial charge in [0.1, 0.15) is 5.82 Å². The van der Waals surface area contributed by atoms with E-state index in [0.717, 1.165) is 19.3 Å². The van der Waals surface area contributed by atoms with Gasteiger partial charge in [0.2, 0.25) is 5.91 Å². The fourth-order valence-corrected chi connectivity index (χ4v) is 2.98. The van der Waals surface area contributed by atoms with Gasteiger partial charge in [-0.1, -0.05) is 37.4 Å². The average molecular weight is 349 g/mol. The fraction of sp³-hybridized carbons (Fsp3) is 0.562. The molecule has 3 unspecified atom stereocenters. The SMILES string of the molecule is CCCCC(CN)NC(=O)C1CC1c1c(F)cccc1Cl.Cl. The van der Waals surface area contributed by atoms with Gasteiger partial charge in [0.25, 0.3) is 0 Å². The summed E-state index contributed by atoms with van der Waals surface area (Å²) in [5, 5.41) is 3.37. The summed E-state index contributed by atoms with van der Waals surface area (Å²) in [6, 6.07) is 4.64. The van der Waals surface area contributed by atoms with Crippen molar-refractivity contribution in [2.45, 2.75) is 44.6 Å². The van der Waals surface area contributed by atoms with Crippen LogP contribution in [0.3, 0.4) is 0 Å². The van der Waals surface area contributed by atoms with Gasteiger partial charge >= 0.3 is 0 Å². The first kappa shape index (κ1) is 19.2. The van der Waals surface area contributed by atoms with Crippen LogP contribution in [0.2, 0.25) is 5.02 Å². The first-order valence-electron chi connectivity index (χ1n) is 7.52. The fourth-order valence-electron chi connectivity index (χ4n) is 2.68. The van der Waals surface area contributed by atoms with Crippen molar-refractivity contribution in [2.24, 2.45) is 11.7 Å². The zero-order chi connectivity index (χ0) is 15.4. The van der Waals surface area contributed by atoms with E-state index in [-0.39, 0.29) is 42.0 Å². The molecule has 1 aromatic carbocycles. The van der Waals surface area contributed by atoms with E-state index >= 15 is 0 Å². The molecule has 0 spiro atoms. The molecule has 1 saturated carbocycles. The van der Waals surface area contributed by atoms with Gasteiger partial charge in [0.15, 0.2) is 0 Å². The second-order valence-electron chi connectivity index (χ2n) is 5.67. The van der Waals surface area contributed by atoms with Crippen LogP contribution in [0.25, 0.3) is 0 Å². The summed E-state index contributed by atoms with van der Waals surface area (Å²) in [4.78, 5) is 12.2. The topological polar surface area (TPSA) is 55.1 Å². The third-order valence-electron chi connectivity index (χ3n) is 4.03. The number of benzene rings is 1. The average Bonchev–Trinajstić information content (AvgIpc) is 3.23. The number of halogens is 3. The van der Waals surface area contributed by atoms with Crippen LogP contribution in [-0.4, -0.2) is 18.5 Å². The van der Waals surface area contributed by atoms with Gasteiger partial charge in [0, 0.05) is 35.0 Å². The number of carbonyl (C=O) groups is 1. The number of unbranched alkanes of at least 4 members (excludes halogenated alkanes) is 1. The molecule has 1 fully saturated rings. The number of nitrogens with one attached hydrogen (secondary N) is 1. The van der Waals surface area contributed by atoms with Crippen LogP contribution in [-0.2, 0) is 4.79 Å². The minimum Gasteiger partial charge on any atom is -0.352 e. The number of rotatable bonds is 7. The lowest BCUT2D eigenvalue weighted by molar-refractivity contribution is -0.123. The molecule has 1 aromatic rings. The highest BCUT2D eigenvalue weighted by Crippen LogP contribution is 2.50. The Hall–Kier alpha value is -0.840. The van der Waals surface area contributed by atoms with Gasteiger partial charge < -0.3 is 11.1 Å². The molecule has 0 aromatic heterocycles. The zero-order valence-electron chi connectivity index (χ0n) is 12.6. The maximum atomic E-state index is 13.8. The summed E-state index contributed by atoms with van der Waals surface area (Å²) in [5.74, 6) is -0.659. The van der Waals surface area contributed by atoms with Crippen molar-refractivity contribution in [3.63, 3.8) is 0 Å². The van der Waals surface area contributed by atoms with E-state index in [1.807, 2.05) is 0 Å². The first-order valence-corrected chi connectivity index (χ1v) is 7.90. The van der Waals surface area contributed by atoms with Gasteiger partial charge in [-0.05, 0) is 25.0 Å². The summed E-state index contributed by atoms with van der Waals surface area (Å²) in [6.45, 7) is 2.54. The quantitative estimate of drug-likeness (QED) is 0.790. The van der Waals surface area contributed by atoms with E-state index in [1.165, 1.54) is 6.07 Å². The Bertz CT molecular complexity index is 493. The van der Waals surface area contributed by atoms with Gasteiger partial charge in [-0.15, -0.1) is 12.4 Å². The van der Waals surface area contributed by atoms with Crippen LogP contribution in [0.4, 0.5) is 4.39 Å². The summed E-state index contributed by atoms with van der Waals surface area (Å²) in [6.07, 6.45) is 3.65. The van der Waals surface area contributed by atoms with Gasteiger partial charge in [-0.2, -0.15) is 0 Å². The Morgan fingerprint density at radius 3 is 2.86 bits per heavy atom. The van der Waals surface area contributed by atoms with Gasteiger partial charge in [0.05, 0.1) is 0 Å². The number of hydrogen-bond acceptors (Lipinski definition) is 2. The maximum absolute atomic E-state index is 13.8. The number of nitrogens with two attached hydrogens (primary N) is 1. The second kappa shape index (κ2) is 8.70. The predicted octanol–water partition coefficient (Wildman–Crippen LogP) is 3.64. The van der Waals surface area contributed by atoms with E-state index in [0.29, 0.717) is 23.6 Å². The molecule has 1 aliphatic carbocycles. The van der Waals surface area contributed by atoms with Crippen molar-refractivity contribution in [1.29, 1.82) is 0 Å². The highest BCUT2D eigenvalue weighted by Gasteiger charge is 2.46. The van der Waals surface area contributed by atoms with Crippen molar-refractivity contribution >= 4 is 29.9 Å². The smallest absolute Gasteiger partial charge is 0.224 e. The molecule has 3 N–H and O–H groups in total. The number of hydrogen-bond donors (Lipinski definition) is 2. The Morgan fingerprint density at radius 2 is 2.27 bits per heavy atom.